The highest BCUT2D eigenvalue weighted by molar-refractivity contribution is 6.30. The number of benzene rings is 2. The number of amides is 2. The lowest BCUT2D eigenvalue weighted by molar-refractivity contribution is -0.207. The van der Waals surface area contributed by atoms with Gasteiger partial charge in [-0.05, 0) is 49.2 Å². The molecule has 0 bridgehead atoms. The van der Waals surface area contributed by atoms with Crippen LogP contribution >= 0.6 is 11.6 Å². The van der Waals surface area contributed by atoms with Crippen LogP contribution in [0.15, 0.2) is 59.7 Å². The average molecular weight is 605 g/mol. The van der Waals surface area contributed by atoms with Gasteiger partial charge >= 0.3 is 11.9 Å². The zero-order valence-electron chi connectivity index (χ0n) is 21.8. The molecule has 3 heterocycles. The van der Waals surface area contributed by atoms with Crippen LogP contribution in [0.5, 0.6) is 0 Å². The van der Waals surface area contributed by atoms with Crippen LogP contribution in [0.3, 0.4) is 0 Å². The van der Waals surface area contributed by atoms with Gasteiger partial charge < -0.3 is 15.7 Å². The minimum atomic E-state index is -4.96. The molecule has 2 amide bonds. The van der Waals surface area contributed by atoms with Crippen LogP contribution in [0, 0.1) is 0 Å². The lowest BCUT2D eigenvalue weighted by Gasteiger charge is -2.23. The fraction of sp³-hybridized carbons (Fsp3) is 0.308. The van der Waals surface area contributed by atoms with Crippen LogP contribution in [-0.4, -0.2) is 75.8 Å². The zero-order chi connectivity index (χ0) is 30.2. The number of alkyl halides is 3. The summed E-state index contributed by atoms with van der Waals surface area (Å²) in [5, 5.41) is 18.6. The smallest absolute Gasteiger partial charge is 0.382 e. The summed E-state index contributed by atoms with van der Waals surface area (Å²) in [7, 11) is 0. The van der Waals surface area contributed by atoms with Crippen molar-refractivity contribution in [2.45, 2.75) is 44.3 Å². The molecular weight excluding hydrogens is 581 g/mol. The summed E-state index contributed by atoms with van der Waals surface area (Å²) < 4.78 is 42.3. The van der Waals surface area contributed by atoms with Gasteiger partial charge in [-0.2, -0.15) is 13.2 Å². The predicted molar refractivity (Wildman–Crippen MR) is 143 cm³/mol. The highest BCUT2D eigenvalue weighted by atomic mass is 35.5. The Hall–Kier alpha value is -4.50. The molecule has 2 aromatic heterocycles. The van der Waals surface area contributed by atoms with Crippen molar-refractivity contribution in [3.8, 4) is 17.1 Å². The summed E-state index contributed by atoms with van der Waals surface area (Å²) >= 11 is 5.92. The molecule has 12 nitrogen and oxygen atoms in total. The van der Waals surface area contributed by atoms with Crippen LogP contribution < -0.4 is 11.4 Å². The van der Waals surface area contributed by atoms with Gasteiger partial charge in [-0.25, -0.2) is 19.1 Å². The molecule has 3 N–H and O–H groups in total. The molecule has 0 spiro atoms. The largest absolute Gasteiger partial charge is 0.416 e. The van der Waals surface area contributed by atoms with Gasteiger partial charge in [0.05, 0.1) is 17.8 Å². The molecule has 0 saturated carbocycles. The van der Waals surface area contributed by atoms with Crippen LogP contribution in [0.1, 0.15) is 29.0 Å². The number of carbonyl (C=O) groups is 2. The van der Waals surface area contributed by atoms with Gasteiger partial charge in [-0.3, -0.25) is 14.2 Å². The average Bonchev–Trinajstić information content (AvgIpc) is 3.69. The number of aliphatic hydroxyl groups is 1. The Bertz CT molecular complexity index is 1680. The molecule has 2 aromatic carbocycles. The second kappa shape index (κ2) is 11.4. The zero-order valence-corrected chi connectivity index (χ0v) is 22.5. The molecule has 4 aromatic rings. The van der Waals surface area contributed by atoms with E-state index in [-0.39, 0.29) is 23.8 Å². The minimum Gasteiger partial charge on any atom is -0.382 e. The van der Waals surface area contributed by atoms with Crippen LogP contribution in [0.25, 0.3) is 17.1 Å². The molecule has 1 aliphatic rings. The van der Waals surface area contributed by atoms with E-state index < -0.39 is 42.4 Å². The molecular formula is C26H24ClF3N8O4. The number of nitrogens with two attached hydrogens (primary N) is 1. The first kappa shape index (κ1) is 29.0. The van der Waals surface area contributed by atoms with Crippen molar-refractivity contribution in [3.05, 3.63) is 81.8 Å². The van der Waals surface area contributed by atoms with E-state index in [1.54, 1.807) is 24.3 Å². The Labute approximate surface area is 240 Å². The number of para-hydroxylation sites is 1. The second-order valence-electron chi connectivity index (χ2n) is 9.62. The van der Waals surface area contributed by atoms with Crippen LogP contribution in [0.4, 0.5) is 13.2 Å². The number of hydrogen-bond donors (Lipinski definition) is 2. The van der Waals surface area contributed by atoms with Crippen molar-refractivity contribution in [3.63, 3.8) is 0 Å². The lowest BCUT2D eigenvalue weighted by atomic mass is 10.1. The third kappa shape index (κ3) is 5.78. The van der Waals surface area contributed by atoms with Crippen molar-refractivity contribution in [2.24, 2.45) is 5.73 Å². The number of carbonyl (C=O) groups excluding carboxylic acids is 2. The highest BCUT2D eigenvalue weighted by Gasteiger charge is 2.39. The van der Waals surface area contributed by atoms with Gasteiger partial charge in [0.25, 0.3) is 5.91 Å². The topological polar surface area (TPSA) is 154 Å². The van der Waals surface area contributed by atoms with Crippen molar-refractivity contribution in [1.29, 1.82) is 0 Å². The summed E-state index contributed by atoms with van der Waals surface area (Å²) in [5.74, 6) is -1.05. The number of aromatic nitrogens is 6. The molecule has 0 unspecified atom stereocenters. The third-order valence-electron chi connectivity index (χ3n) is 6.81. The molecule has 1 saturated heterocycles. The van der Waals surface area contributed by atoms with Crippen LogP contribution in [0.2, 0.25) is 5.02 Å². The molecule has 42 heavy (non-hydrogen) atoms. The van der Waals surface area contributed by atoms with Gasteiger partial charge in [-0.15, -0.1) is 10.2 Å². The maximum Gasteiger partial charge on any atom is 0.416 e. The molecule has 220 valence electrons. The summed E-state index contributed by atoms with van der Waals surface area (Å²) in [6.45, 7) is -1.04. The Morgan fingerprint density at radius 1 is 1.12 bits per heavy atom. The van der Waals surface area contributed by atoms with Gasteiger partial charge in [-0.1, -0.05) is 23.7 Å². The first-order valence-electron chi connectivity index (χ1n) is 12.7. The van der Waals surface area contributed by atoms with Gasteiger partial charge in [0.2, 0.25) is 5.91 Å². The van der Waals surface area contributed by atoms with E-state index >= 15 is 0 Å². The molecule has 5 rings (SSSR count). The predicted octanol–water partition coefficient (Wildman–Crippen LogP) is 2.01. The highest BCUT2D eigenvalue weighted by Crippen LogP contribution is 2.25. The van der Waals surface area contributed by atoms with Crippen molar-refractivity contribution < 1.29 is 27.9 Å². The number of nitrogens with zero attached hydrogens (tertiary/aromatic N) is 7. The molecule has 2 atom stereocenters. The Morgan fingerprint density at radius 3 is 2.52 bits per heavy atom. The van der Waals surface area contributed by atoms with Gasteiger partial charge in [0.1, 0.15) is 18.9 Å². The molecule has 0 radical (unpaired) electrons. The maximum absolute atomic E-state index is 13.3. The Morgan fingerprint density at radius 2 is 1.83 bits per heavy atom. The fourth-order valence-corrected chi connectivity index (χ4v) is 4.86. The fourth-order valence-electron chi connectivity index (χ4n) is 4.73. The van der Waals surface area contributed by atoms with E-state index in [0.717, 1.165) is 9.25 Å². The van der Waals surface area contributed by atoms with Gasteiger partial charge in [0.15, 0.2) is 17.8 Å². The molecule has 16 heteroatoms. The number of aliphatic hydroxyl groups excluding tert-OH is 1. The van der Waals surface area contributed by atoms with E-state index in [9.17, 15) is 32.7 Å². The van der Waals surface area contributed by atoms with Gasteiger partial charge in [0, 0.05) is 17.1 Å². The minimum absolute atomic E-state index is 0.0687. The summed E-state index contributed by atoms with van der Waals surface area (Å²) in [6, 6.07) is 11.8. The number of halogens is 4. The summed E-state index contributed by atoms with van der Waals surface area (Å²) in [5.41, 5.74) is 5.44. The standard InChI is InChI=1S/C26H24ClF3N8O4/c27-16-9-7-15(8-10-16)23-34-37(25(42)36(23)12-20(39)26(28,29)30)13-21-32-14-38(33-21)18-5-2-1-4-17(18)24(41)35-11-3-6-19(35)22(31)40/h1-2,4-5,7-10,14,19-20,39H,3,6,11-13H2,(H2,31,40)/t19-,20-/m0/s1. The molecule has 1 aliphatic heterocycles. The second-order valence-corrected chi connectivity index (χ2v) is 10.1. The Kier molecular flexibility index (Phi) is 7.88. The van der Waals surface area contributed by atoms with E-state index in [0.29, 0.717) is 35.7 Å². The Balaban J connectivity index is 1.46. The number of rotatable bonds is 8. The van der Waals surface area contributed by atoms with Crippen molar-refractivity contribution in [2.75, 3.05) is 6.54 Å². The first-order valence-corrected chi connectivity index (χ1v) is 13.1. The van der Waals surface area contributed by atoms with Crippen molar-refractivity contribution in [1.82, 2.24) is 34.0 Å². The normalized spacial score (nSPS) is 16.1. The monoisotopic (exact) mass is 604 g/mol. The molecule has 0 aliphatic carbocycles. The number of primary amides is 1. The van der Waals surface area contributed by atoms with E-state index in [2.05, 4.69) is 15.2 Å². The number of likely N-dealkylation sites (tertiary alicyclic amines) is 1. The number of hydrogen-bond acceptors (Lipinski definition) is 7. The molecule has 1 fully saturated rings. The first-order chi connectivity index (χ1) is 19.9. The van der Waals surface area contributed by atoms with E-state index in [4.69, 9.17) is 17.3 Å². The summed E-state index contributed by atoms with van der Waals surface area (Å²) in [4.78, 5) is 43.9. The SMILES string of the molecule is NC(=O)[C@@H]1CCCN1C(=O)c1ccccc1-n1cnc(Cn2nc(-c3ccc(Cl)cc3)n(C[C@H](O)C(F)(F)F)c2=O)n1. The van der Waals surface area contributed by atoms with Crippen molar-refractivity contribution >= 4 is 23.4 Å². The quantitative estimate of drug-likeness (QED) is 0.312. The summed E-state index contributed by atoms with van der Waals surface area (Å²) in [6.07, 6.45) is -5.36. The van der Waals surface area contributed by atoms with Crippen LogP contribution in [-0.2, 0) is 17.9 Å². The maximum atomic E-state index is 13.3. The van der Waals surface area contributed by atoms with E-state index in [1.807, 2.05) is 0 Å². The third-order valence-corrected chi connectivity index (χ3v) is 7.06. The lowest BCUT2D eigenvalue weighted by Crippen LogP contribution is -2.43. The van der Waals surface area contributed by atoms with E-state index in [1.165, 1.54) is 40.2 Å².